The van der Waals surface area contributed by atoms with Crippen LogP contribution in [-0.2, 0) is 22.7 Å². The molecule has 0 N–H and O–H groups in total. The van der Waals surface area contributed by atoms with E-state index in [0.717, 1.165) is 0 Å². The quantitative estimate of drug-likeness (QED) is 0.761. The van der Waals surface area contributed by atoms with Gasteiger partial charge in [-0.1, -0.05) is 15.9 Å². The first-order chi connectivity index (χ1) is 8.86. The molecule has 0 spiro atoms. The van der Waals surface area contributed by atoms with Crippen molar-refractivity contribution in [1.29, 1.82) is 0 Å². The van der Waals surface area contributed by atoms with Gasteiger partial charge in [-0.15, -0.1) is 10.2 Å². The second-order valence-corrected chi connectivity index (χ2v) is 6.96. The largest absolute Gasteiger partial charge is 0.484 e. The summed E-state index contributed by atoms with van der Waals surface area (Å²) in [7, 11) is 3.06. The minimum atomic E-state index is -3.90. The molecule has 0 unspecified atom stereocenters. The highest BCUT2D eigenvalue weighted by atomic mass is 79.9. The maximum atomic E-state index is 11.4. The SMILES string of the molecule is Cn1nnc(COc2ccc(Br)cc2S(=O)(=O)Cl)n1. The molecule has 0 aliphatic heterocycles. The summed E-state index contributed by atoms with van der Waals surface area (Å²) >= 11 is 3.17. The van der Waals surface area contributed by atoms with Crippen LogP contribution < -0.4 is 4.74 Å². The number of rotatable bonds is 4. The highest BCUT2D eigenvalue weighted by Gasteiger charge is 2.18. The molecule has 0 saturated carbocycles. The van der Waals surface area contributed by atoms with E-state index in [4.69, 9.17) is 15.4 Å². The molecule has 2 rings (SSSR count). The molecule has 1 heterocycles. The van der Waals surface area contributed by atoms with E-state index in [-0.39, 0.29) is 17.3 Å². The van der Waals surface area contributed by atoms with Gasteiger partial charge in [0.1, 0.15) is 10.6 Å². The fourth-order valence-electron chi connectivity index (χ4n) is 1.32. The third kappa shape index (κ3) is 3.64. The average Bonchev–Trinajstić information content (AvgIpc) is 2.72. The van der Waals surface area contributed by atoms with Crippen LogP contribution in [0.2, 0.25) is 0 Å². The zero-order valence-electron chi connectivity index (χ0n) is 9.62. The van der Waals surface area contributed by atoms with E-state index in [1.54, 1.807) is 13.1 Å². The van der Waals surface area contributed by atoms with Crippen LogP contribution in [0.4, 0.5) is 0 Å². The second kappa shape index (κ2) is 5.43. The molecule has 0 fully saturated rings. The van der Waals surface area contributed by atoms with Gasteiger partial charge in [0.05, 0.1) is 7.05 Å². The van der Waals surface area contributed by atoms with Gasteiger partial charge in [0.2, 0.25) is 5.82 Å². The van der Waals surface area contributed by atoms with Crippen LogP contribution in [0.15, 0.2) is 27.6 Å². The predicted octanol–water partition coefficient (Wildman–Crippen LogP) is 1.48. The van der Waals surface area contributed by atoms with Crippen molar-refractivity contribution in [1.82, 2.24) is 20.2 Å². The van der Waals surface area contributed by atoms with Crippen molar-refractivity contribution in [2.24, 2.45) is 7.05 Å². The molecule has 0 bridgehead atoms. The summed E-state index contributed by atoms with van der Waals surface area (Å²) in [6.45, 7) is -0.00508. The lowest BCUT2D eigenvalue weighted by Crippen LogP contribution is -2.02. The van der Waals surface area contributed by atoms with Crippen LogP contribution >= 0.6 is 26.6 Å². The molecule has 1 aromatic heterocycles. The number of benzene rings is 1. The Morgan fingerprint density at radius 1 is 1.47 bits per heavy atom. The number of hydrogen-bond acceptors (Lipinski definition) is 6. The van der Waals surface area contributed by atoms with Crippen LogP contribution in [0.3, 0.4) is 0 Å². The first kappa shape index (κ1) is 14.2. The zero-order chi connectivity index (χ0) is 14.0. The highest BCUT2D eigenvalue weighted by molar-refractivity contribution is 9.10. The van der Waals surface area contributed by atoms with Crippen LogP contribution in [0.1, 0.15) is 5.82 Å². The number of aryl methyl sites for hydroxylation is 1. The van der Waals surface area contributed by atoms with Gasteiger partial charge in [-0.05, 0) is 23.4 Å². The summed E-state index contributed by atoms with van der Waals surface area (Å²) in [6, 6.07) is 4.50. The maximum Gasteiger partial charge on any atom is 0.265 e. The Morgan fingerprint density at radius 2 is 2.21 bits per heavy atom. The summed E-state index contributed by atoms with van der Waals surface area (Å²) < 4.78 is 28.8. The van der Waals surface area contributed by atoms with E-state index in [9.17, 15) is 8.42 Å². The molecule has 0 aliphatic carbocycles. The standard InChI is InChI=1S/C9H8BrClN4O3S/c1-15-13-9(12-14-15)5-18-7-3-2-6(10)4-8(7)19(11,16)17/h2-4H,5H2,1H3. The molecular weight excluding hydrogens is 360 g/mol. The monoisotopic (exact) mass is 366 g/mol. The minimum absolute atomic E-state index is 0.00508. The first-order valence-electron chi connectivity index (χ1n) is 4.96. The van der Waals surface area contributed by atoms with Crippen molar-refractivity contribution < 1.29 is 13.2 Å². The Morgan fingerprint density at radius 3 is 2.79 bits per heavy atom. The second-order valence-electron chi connectivity index (χ2n) is 3.51. The van der Waals surface area contributed by atoms with Gasteiger partial charge in [0, 0.05) is 15.2 Å². The third-order valence-corrected chi connectivity index (χ3v) is 3.91. The normalized spacial score (nSPS) is 11.5. The number of tetrazole rings is 1. The third-order valence-electron chi connectivity index (χ3n) is 2.07. The number of ether oxygens (including phenoxy) is 1. The molecule has 2 aromatic rings. The molecule has 0 amide bonds. The van der Waals surface area contributed by atoms with Crippen LogP contribution in [0, 0.1) is 0 Å². The van der Waals surface area contributed by atoms with Crippen LogP contribution in [-0.4, -0.2) is 28.6 Å². The topological polar surface area (TPSA) is 87.0 Å². The lowest BCUT2D eigenvalue weighted by molar-refractivity contribution is 0.287. The van der Waals surface area contributed by atoms with Crippen molar-refractivity contribution in [3.05, 3.63) is 28.5 Å². The summed E-state index contributed by atoms with van der Waals surface area (Å²) in [5.74, 6) is 0.467. The van der Waals surface area contributed by atoms with Gasteiger partial charge < -0.3 is 4.74 Å². The molecular formula is C9H8BrClN4O3S. The number of hydrogen-bond donors (Lipinski definition) is 0. The first-order valence-corrected chi connectivity index (χ1v) is 8.06. The molecule has 7 nitrogen and oxygen atoms in total. The average molecular weight is 368 g/mol. The molecule has 0 radical (unpaired) electrons. The minimum Gasteiger partial charge on any atom is -0.484 e. The predicted molar refractivity (Wildman–Crippen MR) is 70.3 cm³/mol. The summed E-state index contributed by atoms with van der Waals surface area (Å²) in [4.78, 5) is 1.16. The number of nitrogens with zero attached hydrogens (tertiary/aromatic N) is 4. The molecule has 0 aliphatic rings. The number of halogens is 2. The van der Waals surface area contributed by atoms with Crippen LogP contribution in [0.25, 0.3) is 0 Å². The smallest absolute Gasteiger partial charge is 0.265 e. The van der Waals surface area contributed by atoms with Crippen molar-refractivity contribution in [2.45, 2.75) is 11.5 Å². The molecule has 10 heteroatoms. The summed E-state index contributed by atoms with van der Waals surface area (Å²) in [6.07, 6.45) is 0. The fourth-order valence-corrected chi connectivity index (χ4v) is 2.82. The van der Waals surface area contributed by atoms with Crippen LogP contribution in [0.5, 0.6) is 5.75 Å². The molecule has 102 valence electrons. The van der Waals surface area contributed by atoms with Gasteiger partial charge in [-0.2, -0.15) is 4.80 Å². The van der Waals surface area contributed by atoms with Gasteiger partial charge in [0.25, 0.3) is 9.05 Å². The lowest BCUT2D eigenvalue weighted by atomic mass is 10.3. The highest BCUT2D eigenvalue weighted by Crippen LogP contribution is 2.30. The molecule has 0 atom stereocenters. The molecule has 19 heavy (non-hydrogen) atoms. The van der Waals surface area contributed by atoms with Gasteiger partial charge >= 0.3 is 0 Å². The lowest BCUT2D eigenvalue weighted by Gasteiger charge is -2.08. The van der Waals surface area contributed by atoms with E-state index < -0.39 is 9.05 Å². The Balaban J connectivity index is 2.25. The van der Waals surface area contributed by atoms with Gasteiger partial charge in [0.15, 0.2) is 6.61 Å². The van der Waals surface area contributed by atoms with E-state index in [2.05, 4.69) is 31.3 Å². The molecule has 1 aromatic carbocycles. The van der Waals surface area contributed by atoms with E-state index >= 15 is 0 Å². The maximum absolute atomic E-state index is 11.4. The van der Waals surface area contributed by atoms with Crippen molar-refractivity contribution >= 4 is 35.7 Å². The fraction of sp³-hybridized carbons (Fsp3) is 0.222. The van der Waals surface area contributed by atoms with Crippen molar-refractivity contribution in [3.63, 3.8) is 0 Å². The molecule has 0 saturated heterocycles. The number of aromatic nitrogens is 4. The zero-order valence-corrected chi connectivity index (χ0v) is 12.8. The van der Waals surface area contributed by atoms with E-state index in [1.807, 2.05) is 0 Å². The Labute approximate surface area is 122 Å². The van der Waals surface area contributed by atoms with E-state index in [0.29, 0.717) is 10.3 Å². The van der Waals surface area contributed by atoms with Crippen molar-refractivity contribution in [3.8, 4) is 5.75 Å². The van der Waals surface area contributed by atoms with Gasteiger partial charge in [-0.3, -0.25) is 0 Å². The Bertz CT molecular complexity index is 703. The summed E-state index contributed by atoms with van der Waals surface area (Å²) in [5, 5.41) is 11.3. The summed E-state index contributed by atoms with van der Waals surface area (Å²) in [5.41, 5.74) is 0. The van der Waals surface area contributed by atoms with E-state index in [1.165, 1.54) is 16.9 Å². The Hall–Kier alpha value is -1.19. The van der Waals surface area contributed by atoms with Crippen molar-refractivity contribution in [2.75, 3.05) is 0 Å². The van der Waals surface area contributed by atoms with Gasteiger partial charge in [-0.25, -0.2) is 8.42 Å². The Kier molecular flexibility index (Phi) is 4.07.